The molecule has 4 nitrogen and oxygen atoms in total. The Morgan fingerprint density at radius 1 is 1.53 bits per heavy atom. The van der Waals surface area contributed by atoms with E-state index >= 15 is 0 Å². The lowest BCUT2D eigenvalue weighted by atomic mass is 10.1. The second kappa shape index (κ2) is 4.04. The van der Waals surface area contributed by atoms with Crippen LogP contribution in [-0.4, -0.2) is 29.5 Å². The zero-order valence-corrected chi connectivity index (χ0v) is 11.7. The van der Waals surface area contributed by atoms with Crippen LogP contribution >= 0.6 is 22.6 Å². The predicted molar refractivity (Wildman–Crippen MR) is 74.1 cm³/mol. The van der Waals surface area contributed by atoms with E-state index in [2.05, 4.69) is 32.5 Å². The maximum Gasteiger partial charge on any atom is 0.187 e. The number of aliphatic imine (C=N–C) groups is 1. The Balaban J connectivity index is 2.19. The minimum Gasteiger partial charge on any atom is -0.503 e. The monoisotopic (exact) mass is 344 g/mol. The topological polar surface area (TPSA) is 45.1 Å². The summed E-state index contributed by atoms with van der Waals surface area (Å²) in [6, 6.07) is 1.99. The molecule has 0 radical (unpaired) electrons. The maximum atomic E-state index is 9.98. The molecule has 1 saturated heterocycles. The van der Waals surface area contributed by atoms with Gasteiger partial charge in [0.25, 0.3) is 0 Å². The summed E-state index contributed by atoms with van der Waals surface area (Å²) in [7, 11) is 1.58. The van der Waals surface area contributed by atoms with Crippen LogP contribution in [0.1, 0.15) is 18.4 Å². The number of phenols is 1. The normalized spacial score (nSPS) is 17.5. The van der Waals surface area contributed by atoms with E-state index in [1.807, 2.05) is 6.07 Å². The van der Waals surface area contributed by atoms with Gasteiger partial charge >= 0.3 is 0 Å². The third kappa shape index (κ3) is 1.67. The van der Waals surface area contributed by atoms with Crippen molar-refractivity contribution in [2.45, 2.75) is 19.4 Å². The Labute approximate surface area is 113 Å². The van der Waals surface area contributed by atoms with E-state index in [1.54, 1.807) is 7.11 Å². The van der Waals surface area contributed by atoms with Gasteiger partial charge in [0, 0.05) is 25.1 Å². The fraction of sp³-hybridized carbons (Fsp3) is 0.417. The summed E-state index contributed by atoms with van der Waals surface area (Å²) >= 11 is 2.12. The zero-order valence-electron chi connectivity index (χ0n) is 9.53. The molecule has 0 atom stereocenters. The van der Waals surface area contributed by atoms with Crippen molar-refractivity contribution in [2.75, 3.05) is 13.7 Å². The zero-order chi connectivity index (χ0) is 12.0. The van der Waals surface area contributed by atoms with Crippen LogP contribution in [0.25, 0.3) is 0 Å². The molecule has 2 aliphatic heterocycles. The van der Waals surface area contributed by atoms with Crippen LogP contribution in [0, 0.1) is 3.57 Å². The number of halogens is 1. The van der Waals surface area contributed by atoms with Gasteiger partial charge in [-0.25, -0.2) is 4.99 Å². The minimum absolute atomic E-state index is 0.197. The van der Waals surface area contributed by atoms with E-state index < -0.39 is 0 Å². The first kappa shape index (κ1) is 11.1. The number of hydrogen-bond acceptors (Lipinski definition) is 4. The van der Waals surface area contributed by atoms with E-state index in [-0.39, 0.29) is 5.75 Å². The average molecular weight is 344 g/mol. The SMILES string of the molecule is COc1c(O)c(I)cc2c1N=C1CCCN1C2. The molecule has 3 rings (SSSR count). The van der Waals surface area contributed by atoms with Crippen LogP contribution < -0.4 is 4.74 Å². The Hall–Kier alpha value is -0.980. The van der Waals surface area contributed by atoms with Crippen LogP contribution in [0.2, 0.25) is 0 Å². The minimum atomic E-state index is 0.197. The Kier molecular flexibility index (Phi) is 2.65. The van der Waals surface area contributed by atoms with E-state index in [9.17, 15) is 5.11 Å². The molecule has 1 aromatic rings. The Morgan fingerprint density at radius 3 is 3.12 bits per heavy atom. The van der Waals surface area contributed by atoms with Crippen LogP contribution in [-0.2, 0) is 6.54 Å². The van der Waals surface area contributed by atoms with Crippen molar-refractivity contribution >= 4 is 34.1 Å². The molecule has 17 heavy (non-hydrogen) atoms. The first-order chi connectivity index (χ1) is 8.20. The highest BCUT2D eigenvalue weighted by atomic mass is 127. The van der Waals surface area contributed by atoms with Gasteiger partial charge in [-0.15, -0.1) is 0 Å². The maximum absolute atomic E-state index is 9.98. The van der Waals surface area contributed by atoms with Crippen LogP contribution in [0.5, 0.6) is 11.5 Å². The number of nitrogens with zero attached hydrogens (tertiary/aromatic N) is 2. The molecule has 0 unspecified atom stereocenters. The summed E-state index contributed by atoms with van der Waals surface area (Å²) in [5.41, 5.74) is 1.94. The summed E-state index contributed by atoms with van der Waals surface area (Å²) in [4.78, 5) is 6.93. The fourth-order valence-electron chi connectivity index (χ4n) is 2.44. The number of amidine groups is 1. The summed E-state index contributed by atoms with van der Waals surface area (Å²) in [5, 5.41) is 9.98. The molecule has 2 aliphatic rings. The van der Waals surface area contributed by atoms with Gasteiger partial charge in [0.2, 0.25) is 0 Å². The van der Waals surface area contributed by atoms with Gasteiger partial charge in [-0.3, -0.25) is 0 Å². The lowest BCUT2D eigenvalue weighted by Gasteiger charge is -2.26. The molecule has 1 N–H and O–H groups in total. The van der Waals surface area contributed by atoms with Gasteiger partial charge in [0.15, 0.2) is 11.5 Å². The first-order valence-electron chi connectivity index (χ1n) is 5.61. The first-order valence-corrected chi connectivity index (χ1v) is 6.69. The van der Waals surface area contributed by atoms with Crippen molar-refractivity contribution in [1.29, 1.82) is 0 Å². The Bertz CT molecular complexity index is 514. The van der Waals surface area contributed by atoms with E-state index in [4.69, 9.17) is 4.74 Å². The van der Waals surface area contributed by atoms with Gasteiger partial charge in [0.1, 0.15) is 11.5 Å². The summed E-state index contributed by atoms with van der Waals surface area (Å²) in [5.74, 6) is 1.82. The van der Waals surface area contributed by atoms with E-state index in [0.29, 0.717) is 5.75 Å². The number of aromatic hydroxyl groups is 1. The summed E-state index contributed by atoms with van der Waals surface area (Å²) < 4.78 is 6.11. The highest BCUT2D eigenvalue weighted by Gasteiger charge is 2.27. The van der Waals surface area contributed by atoms with Crippen molar-refractivity contribution < 1.29 is 9.84 Å². The molecule has 2 heterocycles. The number of hydrogen-bond donors (Lipinski definition) is 1. The molecule has 0 bridgehead atoms. The summed E-state index contributed by atoms with van der Waals surface area (Å²) in [6.07, 6.45) is 2.19. The van der Waals surface area contributed by atoms with Crippen molar-refractivity contribution in [2.24, 2.45) is 4.99 Å². The molecule has 0 aromatic heterocycles. The van der Waals surface area contributed by atoms with E-state index in [1.165, 1.54) is 0 Å². The fourth-order valence-corrected chi connectivity index (χ4v) is 3.06. The third-order valence-corrected chi connectivity index (χ3v) is 4.08. The third-order valence-electron chi connectivity index (χ3n) is 3.26. The van der Waals surface area contributed by atoms with Gasteiger partial charge in [0.05, 0.1) is 10.7 Å². The van der Waals surface area contributed by atoms with Crippen LogP contribution in [0.4, 0.5) is 5.69 Å². The van der Waals surface area contributed by atoms with Crippen LogP contribution in [0.15, 0.2) is 11.1 Å². The highest BCUT2D eigenvalue weighted by molar-refractivity contribution is 14.1. The second-order valence-electron chi connectivity index (χ2n) is 4.30. The average Bonchev–Trinajstić information content (AvgIpc) is 2.75. The Morgan fingerprint density at radius 2 is 2.35 bits per heavy atom. The number of rotatable bonds is 1. The number of phenolic OH excluding ortho intramolecular Hbond substituents is 1. The van der Waals surface area contributed by atoms with Gasteiger partial charge < -0.3 is 14.7 Å². The van der Waals surface area contributed by atoms with E-state index in [0.717, 1.165) is 46.6 Å². The quantitative estimate of drug-likeness (QED) is 0.797. The van der Waals surface area contributed by atoms with Crippen LogP contribution in [0.3, 0.4) is 0 Å². The molecule has 0 aliphatic carbocycles. The largest absolute Gasteiger partial charge is 0.503 e. The van der Waals surface area contributed by atoms with Gasteiger partial charge in [-0.2, -0.15) is 0 Å². The number of benzene rings is 1. The number of methoxy groups -OCH3 is 1. The molecular weight excluding hydrogens is 331 g/mol. The lowest BCUT2D eigenvalue weighted by Crippen LogP contribution is -2.27. The number of ether oxygens (including phenoxy) is 1. The standard InChI is InChI=1S/C12H13IN2O2/c1-17-12-10-7(5-8(13)11(12)16)6-15-4-2-3-9(15)14-10/h5,16H,2-4,6H2,1H3. The molecule has 0 spiro atoms. The van der Waals surface area contributed by atoms with Crippen molar-refractivity contribution in [3.05, 3.63) is 15.2 Å². The lowest BCUT2D eigenvalue weighted by molar-refractivity contribution is 0.369. The highest BCUT2D eigenvalue weighted by Crippen LogP contribution is 2.45. The molecule has 0 saturated carbocycles. The van der Waals surface area contributed by atoms with Crippen molar-refractivity contribution in [3.63, 3.8) is 0 Å². The smallest absolute Gasteiger partial charge is 0.187 e. The second-order valence-corrected chi connectivity index (χ2v) is 5.46. The molecule has 0 amide bonds. The molecular formula is C12H13IN2O2. The van der Waals surface area contributed by atoms with Gasteiger partial charge in [-0.1, -0.05) is 0 Å². The predicted octanol–water partition coefficient (Wildman–Crippen LogP) is 2.64. The van der Waals surface area contributed by atoms with Crippen molar-refractivity contribution in [1.82, 2.24) is 4.90 Å². The molecule has 1 aromatic carbocycles. The number of fused-ring (bicyclic) bond motifs is 2. The molecule has 90 valence electrons. The molecule has 1 fully saturated rings. The summed E-state index contributed by atoms with van der Waals surface area (Å²) in [6.45, 7) is 1.96. The van der Waals surface area contributed by atoms with Gasteiger partial charge in [-0.05, 0) is 35.1 Å². The van der Waals surface area contributed by atoms with Crippen molar-refractivity contribution in [3.8, 4) is 11.5 Å². The molecule has 5 heteroatoms.